The Balaban J connectivity index is 2.58. The van der Waals surface area contributed by atoms with Crippen molar-refractivity contribution in [2.75, 3.05) is 0 Å². The Kier molecular flexibility index (Phi) is 5.72. The molecule has 0 bridgehead atoms. The smallest absolute Gasteiger partial charge is 0.320 e. The number of nitriles is 1. The average molecular weight is 274 g/mol. The lowest BCUT2D eigenvalue weighted by molar-refractivity contribution is -0.139. The maximum absolute atomic E-state index is 11.2. The van der Waals surface area contributed by atoms with Gasteiger partial charge in [0.2, 0.25) is 0 Å². The number of hydrogen-bond acceptors (Lipinski definition) is 3. The van der Waals surface area contributed by atoms with E-state index in [2.05, 4.69) is 32.2 Å². The molecular weight excluding hydrogens is 252 g/mol. The monoisotopic (exact) mass is 274 g/mol. The Labute approximate surface area is 120 Å². The highest BCUT2D eigenvalue weighted by Gasteiger charge is 2.20. The van der Waals surface area contributed by atoms with Gasteiger partial charge in [0.05, 0.1) is 11.6 Å². The van der Waals surface area contributed by atoms with Gasteiger partial charge in [-0.1, -0.05) is 32.9 Å². The van der Waals surface area contributed by atoms with Crippen molar-refractivity contribution >= 4 is 5.97 Å². The highest BCUT2D eigenvalue weighted by molar-refractivity contribution is 5.73. The van der Waals surface area contributed by atoms with Crippen LogP contribution in [0.25, 0.3) is 0 Å². The number of carboxylic acids is 1. The van der Waals surface area contributed by atoms with Crippen LogP contribution in [0.2, 0.25) is 0 Å². The van der Waals surface area contributed by atoms with Crippen molar-refractivity contribution in [3.05, 3.63) is 35.4 Å². The Morgan fingerprint density at radius 1 is 1.45 bits per heavy atom. The van der Waals surface area contributed by atoms with Crippen LogP contribution in [0.15, 0.2) is 24.3 Å². The first-order valence-corrected chi connectivity index (χ1v) is 6.77. The summed E-state index contributed by atoms with van der Waals surface area (Å²) < 4.78 is 0. The van der Waals surface area contributed by atoms with Crippen molar-refractivity contribution in [1.29, 1.82) is 5.26 Å². The standard InChI is InChI=1S/C16H22N2O2/c1-16(2,3)8-7-14(15(19)20)18-11-13-6-4-5-12(9-13)10-17/h4-6,9,14,18H,7-8,11H2,1-3H3,(H,19,20)/t14-/m0/s1. The van der Waals surface area contributed by atoms with Gasteiger partial charge in [0.25, 0.3) is 0 Å². The number of carboxylic acid groups (broad SMARTS) is 1. The van der Waals surface area contributed by atoms with Crippen LogP contribution in [0, 0.1) is 16.7 Å². The first-order chi connectivity index (χ1) is 9.31. The van der Waals surface area contributed by atoms with Crippen LogP contribution in [0.1, 0.15) is 44.7 Å². The van der Waals surface area contributed by atoms with Crippen molar-refractivity contribution < 1.29 is 9.90 Å². The van der Waals surface area contributed by atoms with E-state index in [0.717, 1.165) is 12.0 Å². The molecule has 0 aliphatic rings. The first kappa shape index (κ1) is 16.2. The molecular formula is C16H22N2O2. The number of nitrogens with zero attached hydrogens (tertiary/aromatic N) is 1. The zero-order chi connectivity index (χ0) is 15.2. The highest BCUT2D eigenvalue weighted by Crippen LogP contribution is 2.21. The lowest BCUT2D eigenvalue weighted by Gasteiger charge is -2.21. The normalized spacial score (nSPS) is 12.7. The van der Waals surface area contributed by atoms with Gasteiger partial charge in [-0.3, -0.25) is 4.79 Å². The van der Waals surface area contributed by atoms with Gasteiger partial charge in [-0.2, -0.15) is 5.26 Å². The third-order valence-electron chi connectivity index (χ3n) is 3.09. The minimum atomic E-state index is -0.828. The van der Waals surface area contributed by atoms with Gasteiger partial charge in [0, 0.05) is 6.54 Å². The van der Waals surface area contributed by atoms with E-state index in [1.54, 1.807) is 18.2 Å². The molecule has 0 saturated carbocycles. The number of carbonyl (C=O) groups is 1. The maximum atomic E-state index is 11.2. The molecule has 0 saturated heterocycles. The second kappa shape index (κ2) is 7.06. The molecule has 0 aromatic heterocycles. The van der Waals surface area contributed by atoms with Gasteiger partial charge in [-0.15, -0.1) is 0 Å². The van der Waals surface area contributed by atoms with Crippen LogP contribution < -0.4 is 5.32 Å². The van der Waals surface area contributed by atoms with Gasteiger partial charge in [-0.25, -0.2) is 0 Å². The molecule has 0 radical (unpaired) electrons. The fourth-order valence-electron chi connectivity index (χ4n) is 1.88. The van der Waals surface area contributed by atoms with Gasteiger partial charge >= 0.3 is 5.97 Å². The molecule has 4 heteroatoms. The molecule has 1 aromatic carbocycles. The number of hydrogen-bond donors (Lipinski definition) is 2. The molecule has 0 spiro atoms. The third kappa shape index (κ3) is 5.85. The van der Waals surface area contributed by atoms with Crippen LogP contribution in [-0.4, -0.2) is 17.1 Å². The van der Waals surface area contributed by atoms with Crippen LogP contribution in [0.5, 0.6) is 0 Å². The molecule has 108 valence electrons. The lowest BCUT2D eigenvalue weighted by atomic mass is 9.88. The first-order valence-electron chi connectivity index (χ1n) is 6.77. The third-order valence-corrected chi connectivity index (χ3v) is 3.09. The molecule has 0 fully saturated rings. The molecule has 2 N–H and O–H groups in total. The molecule has 1 rings (SSSR count). The van der Waals surface area contributed by atoms with E-state index in [4.69, 9.17) is 5.26 Å². The van der Waals surface area contributed by atoms with Crippen LogP contribution in [0.3, 0.4) is 0 Å². The van der Waals surface area contributed by atoms with Gasteiger partial charge in [-0.05, 0) is 36.0 Å². The molecule has 0 aliphatic heterocycles. The Hall–Kier alpha value is -1.86. The molecule has 0 amide bonds. The average Bonchev–Trinajstić information content (AvgIpc) is 2.37. The van der Waals surface area contributed by atoms with Crippen molar-refractivity contribution in [2.45, 2.75) is 46.2 Å². The fourth-order valence-corrected chi connectivity index (χ4v) is 1.88. The number of rotatable bonds is 6. The predicted octanol–water partition coefficient (Wildman–Crippen LogP) is 2.93. The van der Waals surface area contributed by atoms with E-state index in [1.165, 1.54) is 0 Å². The van der Waals surface area contributed by atoms with Crippen molar-refractivity contribution in [3.8, 4) is 6.07 Å². The molecule has 0 unspecified atom stereocenters. The summed E-state index contributed by atoms with van der Waals surface area (Å²) in [5.74, 6) is -0.828. The molecule has 0 heterocycles. The fraction of sp³-hybridized carbons (Fsp3) is 0.500. The van der Waals surface area contributed by atoms with E-state index >= 15 is 0 Å². The summed E-state index contributed by atoms with van der Waals surface area (Å²) in [6, 6.07) is 8.72. The van der Waals surface area contributed by atoms with Crippen molar-refractivity contribution in [3.63, 3.8) is 0 Å². The summed E-state index contributed by atoms with van der Waals surface area (Å²) in [7, 11) is 0. The largest absolute Gasteiger partial charge is 0.480 e. The van der Waals surface area contributed by atoms with Crippen LogP contribution in [0.4, 0.5) is 0 Å². The minimum Gasteiger partial charge on any atom is -0.480 e. The van der Waals surface area contributed by atoms with Crippen LogP contribution >= 0.6 is 0 Å². The minimum absolute atomic E-state index is 0.121. The maximum Gasteiger partial charge on any atom is 0.320 e. The van der Waals surface area contributed by atoms with Gasteiger partial charge < -0.3 is 10.4 Å². The predicted molar refractivity (Wildman–Crippen MR) is 78.1 cm³/mol. The molecule has 1 aromatic rings. The van der Waals surface area contributed by atoms with Crippen molar-refractivity contribution in [1.82, 2.24) is 5.32 Å². The van der Waals surface area contributed by atoms with E-state index in [9.17, 15) is 9.90 Å². The summed E-state index contributed by atoms with van der Waals surface area (Å²) in [6.45, 7) is 6.75. The SMILES string of the molecule is CC(C)(C)CC[C@H](NCc1cccc(C#N)c1)C(=O)O. The molecule has 20 heavy (non-hydrogen) atoms. The molecule has 0 aliphatic carbocycles. The molecule has 4 nitrogen and oxygen atoms in total. The lowest BCUT2D eigenvalue weighted by Crippen LogP contribution is -2.37. The summed E-state index contributed by atoms with van der Waals surface area (Å²) in [5, 5.41) is 21.1. The van der Waals surface area contributed by atoms with Crippen molar-refractivity contribution in [2.24, 2.45) is 5.41 Å². The Morgan fingerprint density at radius 2 is 2.15 bits per heavy atom. The Bertz CT molecular complexity index is 498. The Morgan fingerprint density at radius 3 is 2.70 bits per heavy atom. The van der Waals surface area contributed by atoms with E-state index in [1.807, 2.05) is 6.07 Å². The van der Waals surface area contributed by atoms with Crippen LogP contribution in [-0.2, 0) is 11.3 Å². The quantitative estimate of drug-likeness (QED) is 0.836. The number of nitrogens with one attached hydrogen (secondary N) is 1. The zero-order valence-corrected chi connectivity index (χ0v) is 12.3. The van der Waals surface area contributed by atoms with Gasteiger partial charge in [0.15, 0.2) is 0 Å². The second-order valence-electron chi connectivity index (χ2n) is 6.18. The van der Waals surface area contributed by atoms with Gasteiger partial charge in [0.1, 0.15) is 6.04 Å². The van der Waals surface area contributed by atoms with E-state index < -0.39 is 12.0 Å². The van der Waals surface area contributed by atoms with E-state index in [-0.39, 0.29) is 5.41 Å². The number of aliphatic carboxylic acids is 1. The second-order valence-corrected chi connectivity index (χ2v) is 6.18. The summed E-state index contributed by atoms with van der Waals surface area (Å²) in [6.07, 6.45) is 1.44. The zero-order valence-electron chi connectivity index (χ0n) is 12.3. The highest BCUT2D eigenvalue weighted by atomic mass is 16.4. The number of benzene rings is 1. The summed E-state index contributed by atoms with van der Waals surface area (Å²) in [5.41, 5.74) is 1.63. The van der Waals surface area contributed by atoms with E-state index in [0.29, 0.717) is 18.5 Å². The summed E-state index contributed by atoms with van der Waals surface area (Å²) >= 11 is 0. The summed E-state index contributed by atoms with van der Waals surface area (Å²) in [4.78, 5) is 11.2. The molecule has 1 atom stereocenters. The topological polar surface area (TPSA) is 73.1 Å².